The number of carbonyl (C=O) groups excluding carboxylic acids is 9. The lowest BCUT2D eigenvalue weighted by molar-refractivity contribution is -0.146. The van der Waals surface area contributed by atoms with Gasteiger partial charge in [0.15, 0.2) is 17.3 Å². The first-order valence-corrected chi connectivity index (χ1v) is 47.8. The van der Waals surface area contributed by atoms with Crippen LogP contribution in [0.15, 0.2) is 133 Å². The van der Waals surface area contributed by atoms with E-state index in [4.69, 9.17) is 5.11 Å². The van der Waals surface area contributed by atoms with Crippen LogP contribution in [-0.2, 0) is 83.5 Å². The topological polar surface area (TPSA) is 401 Å². The van der Waals surface area contributed by atoms with Crippen molar-refractivity contribution in [1.29, 1.82) is 0 Å². The molecule has 0 unspecified atom stereocenters. The Morgan fingerprint density at radius 2 is 1.02 bits per heavy atom. The van der Waals surface area contributed by atoms with E-state index in [9.17, 15) is 68.4 Å². The number of nitrogens with one attached hydrogen (secondary N) is 3. The van der Waals surface area contributed by atoms with Crippen molar-refractivity contribution in [2.75, 3.05) is 77.3 Å². The number of ketones is 5. The van der Waals surface area contributed by atoms with Crippen LogP contribution in [0.25, 0.3) is 20.9 Å². The number of aliphatic hydroxyl groups is 4. The van der Waals surface area contributed by atoms with Crippen LogP contribution in [0.3, 0.4) is 0 Å². The molecule has 6 aliphatic heterocycles. The molecule has 29 nitrogen and oxygen atoms in total. The molecule has 0 aliphatic carbocycles. The molecule has 700 valence electrons. The van der Waals surface area contributed by atoms with Gasteiger partial charge in [0.25, 0.3) is 5.91 Å². The van der Waals surface area contributed by atoms with Crippen molar-refractivity contribution in [3.63, 3.8) is 0 Å². The third-order valence-electron chi connectivity index (χ3n) is 25.8. The van der Waals surface area contributed by atoms with E-state index in [-0.39, 0.29) is 161 Å². The molecule has 4 aromatic heterocycles. The van der Waals surface area contributed by atoms with Crippen molar-refractivity contribution < 1.29 is 73.5 Å². The van der Waals surface area contributed by atoms with Crippen molar-refractivity contribution in [1.82, 2.24) is 65.0 Å². The molecule has 8 N–H and O–H groups in total. The number of carboxylic acid groups (broad SMARTS) is 1. The van der Waals surface area contributed by atoms with Gasteiger partial charge >= 0.3 is 5.97 Å². The Kier molecular flexibility index (Phi) is 35.5. The number of hydrogen-bond donors (Lipinski definition) is 8. The molecular formula is C100H128N14O15S2. The molecule has 14 rings (SSSR count). The standard InChI is InChI=1S/C50H63N7O7S.C29H38N2O6S.C21H27N5O2/c1-32-47(65-31-54-32)36-15-12-33(13-16-36)14-17-45(61)44-23-40(59)29-57(44)49(64)42(50(2,3)4)22-39(58)10-7-11-46(62)56-25-34(26-56)20-38-21-43(53-30-52-38)48(63)51-24-41(60)28-55-19-18-35-8-5-6-9-37(35)27-55;1-18-27(38-17-30-18)20-11-8-19(9-12-20)10-13-25(34)24-15-22(33)16-31(24)28(37)23(29(2,3)4)14-21(32)6-5-7-26(35)36;27-18(13-26-8-7-15-3-1-2-4-16(15)12-26)5-6-20(28)19-9-21(24-14-23-19)25-17-10-22-11-17/h5-6,8-9,12-13,15-16,21,30-31,34,40-42,44,59-60H,7,10-11,14,17-20,22-29H2,1-4H3,(H,51,63);8-9,11-12,17,22-24,33H,5-7,10,13-16H2,1-4H3,(H,35,36);1-4,9,14,17-18,22,27H,5-8,10-13H2,(H,23,24,25)/t40-,41+,42-,44+;22-,23-,24+;18-/m110/s1. The fraction of sp³-hybridized carbons (Fsp3) is 0.520. The van der Waals surface area contributed by atoms with Crippen LogP contribution in [-0.4, -0.2) is 253 Å². The van der Waals surface area contributed by atoms with Gasteiger partial charge in [-0.25, -0.2) is 29.9 Å². The lowest BCUT2D eigenvalue weighted by atomic mass is 9.76. The highest BCUT2D eigenvalue weighted by Crippen LogP contribution is 2.38. The summed E-state index contributed by atoms with van der Waals surface area (Å²) in [5.41, 5.74) is 15.3. The summed E-state index contributed by atoms with van der Waals surface area (Å²) in [6.07, 6.45) is 6.02. The number of aliphatic carboxylic acids is 1. The van der Waals surface area contributed by atoms with Crippen molar-refractivity contribution in [3.8, 4) is 20.9 Å². The molecule has 0 bridgehead atoms. The Labute approximate surface area is 775 Å². The average Bonchev–Trinajstić information content (AvgIpc) is 1.64. The molecule has 8 aromatic rings. The van der Waals surface area contributed by atoms with Gasteiger partial charge in [-0.3, -0.25) is 57.7 Å². The summed E-state index contributed by atoms with van der Waals surface area (Å²) in [5.74, 6) is -3.00. The van der Waals surface area contributed by atoms with Crippen LogP contribution >= 0.6 is 22.7 Å². The number of carboxylic acids is 1. The molecule has 4 fully saturated rings. The van der Waals surface area contributed by atoms with Crippen LogP contribution in [0.5, 0.6) is 0 Å². The van der Waals surface area contributed by atoms with Gasteiger partial charge in [0.2, 0.25) is 17.7 Å². The predicted octanol–water partition coefficient (Wildman–Crippen LogP) is 10.7. The van der Waals surface area contributed by atoms with E-state index in [1.165, 1.54) is 44.7 Å². The molecule has 4 saturated heterocycles. The number of benzene rings is 4. The van der Waals surface area contributed by atoms with Crippen LogP contribution in [0.1, 0.15) is 203 Å². The van der Waals surface area contributed by atoms with Crippen LogP contribution in [0.4, 0.5) is 5.82 Å². The first-order chi connectivity index (χ1) is 62.6. The molecule has 0 spiro atoms. The van der Waals surface area contributed by atoms with Gasteiger partial charge in [0.1, 0.15) is 41.4 Å². The highest BCUT2D eigenvalue weighted by atomic mass is 32.1. The Morgan fingerprint density at radius 3 is 1.50 bits per heavy atom. The Balaban J connectivity index is 0.000000197. The number of aryl methyl sites for hydroxylation is 4. The smallest absolute Gasteiger partial charge is 0.303 e. The highest BCUT2D eigenvalue weighted by Gasteiger charge is 2.46. The second-order valence-electron chi connectivity index (χ2n) is 38.1. The lowest BCUT2D eigenvalue weighted by Gasteiger charge is -2.39. The number of nitrogens with zero attached hydrogens (tertiary/aromatic N) is 11. The quantitative estimate of drug-likeness (QED) is 0.0166. The van der Waals surface area contributed by atoms with Gasteiger partial charge in [0.05, 0.1) is 74.7 Å². The summed E-state index contributed by atoms with van der Waals surface area (Å²) in [6, 6.07) is 35.2. The number of thiazole rings is 2. The van der Waals surface area contributed by atoms with E-state index in [0.29, 0.717) is 81.5 Å². The minimum atomic E-state index is -0.959. The summed E-state index contributed by atoms with van der Waals surface area (Å²) in [7, 11) is 0. The Hall–Kier alpha value is -10.5. The number of aromatic nitrogens is 6. The number of aliphatic hydroxyl groups excluding tert-OH is 4. The molecule has 0 saturated carbocycles. The minimum Gasteiger partial charge on any atom is -0.481 e. The molecule has 4 amide bonds. The van der Waals surface area contributed by atoms with Crippen LogP contribution < -0.4 is 16.0 Å². The van der Waals surface area contributed by atoms with Gasteiger partial charge in [-0.05, 0) is 133 Å². The fourth-order valence-corrected chi connectivity index (χ4v) is 19.6. The van der Waals surface area contributed by atoms with Crippen molar-refractivity contribution >= 4 is 87.0 Å². The normalized spacial score (nSPS) is 18.5. The van der Waals surface area contributed by atoms with Gasteiger partial charge in [-0.1, -0.05) is 139 Å². The number of β-amino-alcohol motifs (C(OH)–C–C–N with tert-alkyl or cyclic N) is 4. The number of fused-ring (bicyclic) bond motifs is 2. The molecule has 6 aliphatic rings. The summed E-state index contributed by atoms with van der Waals surface area (Å²) in [4.78, 5) is 167. The van der Waals surface area contributed by atoms with E-state index in [2.05, 4.69) is 92.1 Å². The van der Waals surface area contributed by atoms with Crippen LogP contribution in [0.2, 0.25) is 0 Å². The number of rotatable bonds is 39. The summed E-state index contributed by atoms with van der Waals surface area (Å²) < 4.78 is 0. The number of anilines is 1. The maximum absolute atomic E-state index is 14.1. The SMILES string of the molecule is Cc1ncsc1-c1ccc(CCC(=O)[C@@H]2C[C@@H](O)CN2C(=O)[C@@H](CC(=O)CCCC(=O)N2CC(Cc3cc(C(=O)NC[C@H](O)CN4CCc5ccccc5C4)ncn3)C2)C(C)(C)C)cc1.Cc1ncsc1-c1ccc(CCC(=O)[C@@H]2C[C@@H](O)CN2C(=O)[C@@H](CC(=O)CCCC(=O)O)C(C)(C)C)cc1.O=C(CC[C@H](O)CN1CCc2ccccc2C1)c1cc(NC2CNC2)ncn1. The predicted molar refractivity (Wildman–Crippen MR) is 501 cm³/mol. The zero-order valence-electron chi connectivity index (χ0n) is 76.7. The number of carbonyl (C=O) groups is 10. The summed E-state index contributed by atoms with van der Waals surface area (Å²) >= 11 is 3.18. The summed E-state index contributed by atoms with van der Waals surface area (Å²) in [6.45, 7) is 22.9. The maximum atomic E-state index is 14.1. The zero-order valence-corrected chi connectivity index (χ0v) is 78.3. The number of hydrogen-bond acceptors (Lipinski definition) is 26. The first-order valence-electron chi connectivity index (χ1n) is 46.0. The van der Waals surface area contributed by atoms with E-state index in [0.717, 1.165) is 95.5 Å². The maximum Gasteiger partial charge on any atom is 0.303 e. The Bertz CT molecular complexity index is 5260. The minimum absolute atomic E-state index is 0.00498. The molecule has 131 heavy (non-hydrogen) atoms. The van der Waals surface area contributed by atoms with E-state index >= 15 is 0 Å². The number of Topliss-reactive ketones (excluding diaryl/α,β-unsaturated/α-hetero) is 5. The molecule has 8 atom stereocenters. The second kappa shape index (κ2) is 46.7. The van der Waals surface area contributed by atoms with E-state index in [1.54, 1.807) is 39.7 Å². The number of likely N-dealkylation sites (tertiary alicyclic amines) is 3. The van der Waals surface area contributed by atoms with Gasteiger partial charge in [-0.15, -0.1) is 22.7 Å². The monoisotopic (exact) mass is 1830 g/mol. The molecule has 0 radical (unpaired) electrons. The summed E-state index contributed by atoms with van der Waals surface area (Å²) in [5, 5.41) is 60.1. The molecule has 10 heterocycles. The zero-order chi connectivity index (χ0) is 93.6. The van der Waals surface area contributed by atoms with Crippen molar-refractivity contribution in [3.05, 3.63) is 195 Å². The van der Waals surface area contributed by atoms with Crippen molar-refractivity contribution in [2.24, 2.45) is 28.6 Å². The van der Waals surface area contributed by atoms with E-state index < -0.39 is 65.1 Å². The second-order valence-corrected chi connectivity index (χ2v) is 39.8. The van der Waals surface area contributed by atoms with Gasteiger partial charge in [0, 0.05) is 179 Å². The van der Waals surface area contributed by atoms with Crippen LogP contribution in [0, 0.1) is 42.4 Å². The van der Waals surface area contributed by atoms with Gasteiger partial charge in [-0.2, -0.15) is 0 Å². The van der Waals surface area contributed by atoms with Gasteiger partial charge < -0.3 is 56.2 Å². The van der Waals surface area contributed by atoms with Crippen molar-refractivity contribution in [2.45, 2.75) is 233 Å². The van der Waals surface area contributed by atoms with E-state index in [1.807, 2.05) is 127 Å². The Morgan fingerprint density at radius 1 is 0.542 bits per heavy atom. The highest BCUT2D eigenvalue weighted by molar-refractivity contribution is 7.13. The molecular weight excluding hydrogens is 1700 g/mol. The number of amides is 4. The first kappa shape index (κ1) is 99.5. The lowest BCUT2D eigenvalue weighted by Crippen LogP contribution is -2.51. The fourth-order valence-electron chi connectivity index (χ4n) is 17.9. The molecule has 4 aromatic carbocycles. The third-order valence-corrected chi connectivity index (χ3v) is 27.7. The average molecular weight is 1830 g/mol. The largest absolute Gasteiger partial charge is 0.481 e. The molecule has 31 heteroatoms. The third kappa shape index (κ3) is 28.8.